The smallest absolute Gasteiger partial charge is 0.274 e. The molecule has 1 aliphatic rings. The van der Waals surface area contributed by atoms with E-state index in [0.717, 1.165) is 10.8 Å². The number of fused-ring (bicyclic) bond motifs is 1. The van der Waals surface area contributed by atoms with Crippen LogP contribution in [-0.4, -0.2) is 64.5 Å². The van der Waals surface area contributed by atoms with Gasteiger partial charge in [-0.15, -0.1) is 0 Å². The number of anilines is 3. The standard InChI is InChI=1S/C25H25N7O3/c1-3-23(34)32-11-10-31(15-17(32)8-9-26)22-14-21(29-25(27-2)30-22)24(35)28-20-13-18(33)12-16-6-4-5-7-19(16)20/h3-7,12-14,17,33H,1,8,10-11,15H2,2H3,(H,28,35)(H,27,29,30)/t17-/m0/s1. The molecule has 0 saturated carbocycles. The third kappa shape index (κ3) is 4.99. The molecule has 10 nitrogen and oxygen atoms in total. The van der Waals surface area contributed by atoms with Gasteiger partial charge in [-0.1, -0.05) is 30.8 Å². The minimum Gasteiger partial charge on any atom is -0.508 e. The Balaban J connectivity index is 1.62. The highest BCUT2D eigenvalue weighted by molar-refractivity contribution is 6.09. The zero-order chi connectivity index (χ0) is 24.9. The fourth-order valence-corrected chi connectivity index (χ4v) is 4.16. The summed E-state index contributed by atoms with van der Waals surface area (Å²) in [6.45, 7) is 4.79. The van der Waals surface area contributed by atoms with Crippen molar-refractivity contribution in [3.8, 4) is 11.8 Å². The second kappa shape index (κ2) is 10.1. The molecule has 1 atom stereocenters. The second-order valence-corrected chi connectivity index (χ2v) is 8.05. The van der Waals surface area contributed by atoms with Crippen LogP contribution in [0.25, 0.3) is 10.8 Å². The molecule has 1 saturated heterocycles. The minimum absolute atomic E-state index is 0.0359. The number of rotatable bonds is 6. The Morgan fingerprint density at radius 1 is 1.26 bits per heavy atom. The number of aromatic hydroxyl groups is 1. The number of benzene rings is 2. The lowest BCUT2D eigenvalue weighted by atomic mass is 10.1. The molecule has 35 heavy (non-hydrogen) atoms. The Labute approximate surface area is 202 Å². The van der Waals surface area contributed by atoms with Crippen LogP contribution in [0.4, 0.5) is 17.5 Å². The van der Waals surface area contributed by atoms with E-state index in [2.05, 4.69) is 33.2 Å². The van der Waals surface area contributed by atoms with Crippen molar-refractivity contribution in [3.05, 3.63) is 60.8 Å². The van der Waals surface area contributed by atoms with Crippen molar-refractivity contribution >= 4 is 40.0 Å². The normalized spacial score (nSPS) is 15.4. The third-order valence-corrected chi connectivity index (χ3v) is 5.85. The maximum Gasteiger partial charge on any atom is 0.274 e. The Morgan fingerprint density at radius 3 is 2.80 bits per heavy atom. The Bertz CT molecular complexity index is 1330. The van der Waals surface area contributed by atoms with E-state index >= 15 is 0 Å². The van der Waals surface area contributed by atoms with Crippen LogP contribution in [0, 0.1) is 11.3 Å². The fourth-order valence-electron chi connectivity index (χ4n) is 4.16. The molecular formula is C25H25N7O3. The van der Waals surface area contributed by atoms with E-state index in [1.54, 1.807) is 24.1 Å². The quantitative estimate of drug-likeness (QED) is 0.467. The van der Waals surface area contributed by atoms with Gasteiger partial charge < -0.3 is 25.5 Å². The van der Waals surface area contributed by atoms with Crippen molar-refractivity contribution in [3.63, 3.8) is 0 Å². The molecule has 2 aromatic carbocycles. The number of piperazine rings is 1. The van der Waals surface area contributed by atoms with Crippen LogP contribution in [0.2, 0.25) is 0 Å². The molecule has 0 aliphatic carbocycles. The topological polar surface area (TPSA) is 134 Å². The van der Waals surface area contributed by atoms with Crippen LogP contribution < -0.4 is 15.5 Å². The first-order chi connectivity index (χ1) is 16.9. The van der Waals surface area contributed by atoms with Gasteiger partial charge in [0.1, 0.15) is 17.3 Å². The molecular weight excluding hydrogens is 446 g/mol. The van der Waals surface area contributed by atoms with Gasteiger partial charge in [0, 0.05) is 44.2 Å². The number of hydrogen-bond donors (Lipinski definition) is 3. The Morgan fingerprint density at radius 2 is 2.06 bits per heavy atom. The van der Waals surface area contributed by atoms with Gasteiger partial charge in [0.2, 0.25) is 11.9 Å². The number of carbonyl (C=O) groups is 2. The predicted octanol–water partition coefficient (Wildman–Crippen LogP) is 2.75. The van der Waals surface area contributed by atoms with Crippen LogP contribution in [0.5, 0.6) is 5.75 Å². The number of phenolic OH excluding ortho intramolecular Hbond substituents is 1. The molecule has 0 spiro atoms. The average molecular weight is 472 g/mol. The molecule has 0 radical (unpaired) electrons. The summed E-state index contributed by atoms with van der Waals surface area (Å²) in [5, 5.41) is 26.6. The van der Waals surface area contributed by atoms with E-state index in [9.17, 15) is 20.0 Å². The summed E-state index contributed by atoms with van der Waals surface area (Å²) in [4.78, 5) is 37.7. The Hall–Kier alpha value is -4.65. The highest BCUT2D eigenvalue weighted by atomic mass is 16.3. The van der Waals surface area contributed by atoms with Crippen molar-refractivity contribution in [2.75, 3.05) is 42.2 Å². The minimum atomic E-state index is -0.463. The number of aromatic nitrogens is 2. The van der Waals surface area contributed by atoms with Crippen molar-refractivity contribution in [2.24, 2.45) is 0 Å². The van der Waals surface area contributed by atoms with Crippen molar-refractivity contribution < 1.29 is 14.7 Å². The average Bonchev–Trinajstić information content (AvgIpc) is 2.88. The summed E-state index contributed by atoms with van der Waals surface area (Å²) in [6, 6.07) is 13.9. The van der Waals surface area contributed by atoms with Crippen LogP contribution in [0.3, 0.4) is 0 Å². The van der Waals surface area contributed by atoms with Gasteiger partial charge >= 0.3 is 0 Å². The van der Waals surface area contributed by atoms with Gasteiger partial charge in [-0.3, -0.25) is 9.59 Å². The number of phenols is 1. The van der Waals surface area contributed by atoms with E-state index in [1.807, 2.05) is 29.2 Å². The predicted molar refractivity (Wildman–Crippen MR) is 133 cm³/mol. The van der Waals surface area contributed by atoms with Gasteiger partial charge in [0.15, 0.2) is 0 Å². The van der Waals surface area contributed by atoms with Gasteiger partial charge in [-0.25, -0.2) is 4.98 Å². The molecule has 4 rings (SSSR count). The van der Waals surface area contributed by atoms with Crippen molar-refractivity contribution in [1.29, 1.82) is 5.26 Å². The van der Waals surface area contributed by atoms with Crippen LogP contribution in [0.1, 0.15) is 16.9 Å². The molecule has 1 fully saturated rings. The summed E-state index contributed by atoms with van der Waals surface area (Å²) in [7, 11) is 1.66. The van der Waals surface area contributed by atoms with Crippen molar-refractivity contribution in [1.82, 2.24) is 14.9 Å². The monoisotopic (exact) mass is 471 g/mol. The SMILES string of the molecule is C=CC(=O)N1CCN(c2cc(C(=O)Nc3cc(O)cc4ccccc34)nc(NC)n2)C[C@@H]1CC#N. The highest BCUT2D eigenvalue weighted by Gasteiger charge is 2.30. The molecule has 0 unspecified atom stereocenters. The maximum absolute atomic E-state index is 13.2. The third-order valence-electron chi connectivity index (χ3n) is 5.85. The summed E-state index contributed by atoms with van der Waals surface area (Å²) < 4.78 is 0. The molecule has 0 bridgehead atoms. The summed E-state index contributed by atoms with van der Waals surface area (Å²) in [6.07, 6.45) is 1.41. The molecule has 10 heteroatoms. The van der Waals surface area contributed by atoms with Crippen LogP contribution >= 0.6 is 0 Å². The van der Waals surface area contributed by atoms with Crippen LogP contribution in [-0.2, 0) is 4.79 Å². The first-order valence-corrected chi connectivity index (χ1v) is 11.1. The molecule has 2 amide bonds. The molecule has 1 aliphatic heterocycles. The largest absolute Gasteiger partial charge is 0.508 e. The Kier molecular flexibility index (Phi) is 6.78. The summed E-state index contributed by atoms with van der Waals surface area (Å²) in [5.41, 5.74) is 0.593. The van der Waals surface area contributed by atoms with E-state index in [4.69, 9.17) is 0 Å². The van der Waals surface area contributed by atoms with E-state index in [0.29, 0.717) is 31.1 Å². The lowest BCUT2D eigenvalue weighted by molar-refractivity contribution is -0.128. The van der Waals surface area contributed by atoms with Gasteiger partial charge in [0.25, 0.3) is 5.91 Å². The van der Waals surface area contributed by atoms with E-state index in [1.165, 1.54) is 12.1 Å². The number of hydrogen-bond acceptors (Lipinski definition) is 8. The number of nitrogens with zero attached hydrogens (tertiary/aromatic N) is 5. The second-order valence-electron chi connectivity index (χ2n) is 8.05. The number of carbonyl (C=O) groups excluding carboxylic acids is 2. The van der Waals surface area contributed by atoms with E-state index in [-0.39, 0.29) is 35.8 Å². The van der Waals surface area contributed by atoms with Crippen LogP contribution in [0.15, 0.2) is 55.1 Å². The molecule has 2 heterocycles. The lowest BCUT2D eigenvalue weighted by Crippen LogP contribution is -2.55. The van der Waals surface area contributed by atoms with Gasteiger partial charge in [-0.05, 0) is 17.5 Å². The maximum atomic E-state index is 13.2. The van der Waals surface area contributed by atoms with Gasteiger partial charge in [-0.2, -0.15) is 10.2 Å². The zero-order valence-corrected chi connectivity index (χ0v) is 19.2. The molecule has 1 aromatic heterocycles. The summed E-state index contributed by atoms with van der Waals surface area (Å²) >= 11 is 0. The zero-order valence-electron chi connectivity index (χ0n) is 19.2. The first kappa shape index (κ1) is 23.5. The molecule has 3 aromatic rings. The fraction of sp³-hybridized carbons (Fsp3) is 0.240. The lowest BCUT2D eigenvalue weighted by Gasteiger charge is -2.40. The molecule has 178 valence electrons. The molecule has 3 N–H and O–H groups in total. The number of amides is 2. The number of nitriles is 1. The van der Waals surface area contributed by atoms with Crippen molar-refractivity contribution in [2.45, 2.75) is 12.5 Å². The van der Waals surface area contributed by atoms with Gasteiger partial charge in [0.05, 0.1) is 24.2 Å². The highest BCUT2D eigenvalue weighted by Crippen LogP contribution is 2.29. The number of nitrogens with one attached hydrogen (secondary N) is 2. The first-order valence-electron chi connectivity index (χ1n) is 11.1. The summed E-state index contributed by atoms with van der Waals surface area (Å²) in [5.74, 6) is 0.115. The van der Waals surface area contributed by atoms with E-state index < -0.39 is 5.91 Å².